The van der Waals surface area contributed by atoms with E-state index in [9.17, 15) is 14.9 Å². The molecule has 0 radical (unpaired) electrons. The third-order valence-electron chi connectivity index (χ3n) is 3.37. The molecule has 8 nitrogen and oxygen atoms in total. The van der Waals surface area contributed by atoms with Gasteiger partial charge in [0.15, 0.2) is 0 Å². The standard InChI is InChI=1S/C12H19N5O3/c1-3-4-9-11(17(19)20)12(16(2)15-9)14-8-5-6-10(18)13-7-8/h8,14H,3-7H2,1-2H3,(H,13,18). The number of nitro groups is 1. The van der Waals surface area contributed by atoms with Crippen molar-refractivity contribution in [3.8, 4) is 0 Å². The van der Waals surface area contributed by atoms with Crippen LogP contribution >= 0.6 is 0 Å². The lowest BCUT2D eigenvalue weighted by atomic mass is 10.1. The third kappa shape index (κ3) is 2.89. The van der Waals surface area contributed by atoms with Crippen LogP contribution in [0.25, 0.3) is 0 Å². The molecule has 1 aliphatic heterocycles. The Morgan fingerprint density at radius 3 is 2.90 bits per heavy atom. The number of carbonyl (C=O) groups is 1. The number of aryl methyl sites for hydroxylation is 2. The summed E-state index contributed by atoms with van der Waals surface area (Å²) in [5.41, 5.74) is 0.550. The van der Waals surface area contributed by atoms with E-state index < -0.39 is 0 Å². The maximum Gasteiger partial charge on any atom is 0.334 e. The van der Waals surface area contributed by atoms with Crippen LogP contribution < -0.4 is 10.6 Å². The summed E-state index contributed by atoms with van der Waals surface area (Å²) in [7, 11) is 1.69. The first-order valence-corrected chi connectivity index (χ1v) is 6.76. The summed E-state index contributed by atoms with van der Waals surface area (Å²) in [5, 5.41) is 21.4. The van der Waals surface area contributed by atoms with Crippen LogP contribution in [0.4, 0.5) is 11.5 Å². The smallest absolute Gasteiger partial charge is 0.334 e. The van der Waals surface area contributed by atoms with Crippen LogP contribution in [0.5, 0.6) is 0 Å². The summed E-state index contributed by atoms with van der Waals surface area (Å²) < 4.78 is 1.51. The Morgan fingerprint density at radius 1 is 1.60 bits per heavy atom. The Balaban J connectivity index is 2.21. The minimum absolute atomic E-state index is 0.00345. The maximum absolute atomic E-state index is 11.3. The van der Waals surface area contributed by atoms with Gasteiger partial charge in [-0.3, -0.25) is 14.9 Å². The molecule has 0 saturated carbocycles. The fourth-order valence-electron chi connectivity index (χ4n) is 2.38. The van der Waals surface area contributed by atoms with Gasteiger partial charge < -0.3 is 10.6 Å². The van der Waals surface area contributed by atoms with Crippen LogP contribution in [0.3, 0.4) is 0 Å². The van der Waals surface area contributed by atoms with E-state index in [1.807, 2.05) is 6.92 Å². The Labute approximate surface area is 116 Å². The Hall–Kier alpha value is -2.12. The zero-order chi connectivity index (χ0) is 14.7. The van der Waals surface area contributed by atoms with Crippen molar-refractivity contribution in [3.63, 3.8) is 0 Å². The zero-order valence-electron chi connectivity index (χ0n) is 11.7. The lowest BCUT2D eigenvalue weighted by molar-refractivity contribution is -0.384. The molecule has 1 unspecified atom stereocenters. The molecule has 1 aliphatic rings. The zero-order valence-corrected chi connectivity index (χ0v) is 11.7. The fourth-order valence-corrected chi connectivity index (χ4v) is 2.38. The lowest BCUT2D eigenvalue weighted by Gasteiger charge is -2.23. The highest BCUT2D eigenvalue weighted by atomic mass is 16.6. The van der Waals surface area contributed by atoms with Crippen LogP contribution in [-0.4, -0.2) is 33.2 Å². The van der Waals surface area contributed by atoms with E-state index in [2.05, 4.69) is 15.7 Å². The molecule has 0 aliphatic carbocycles. The van der Waals surface area contributed by atoms with Gasteiger partial charge in [-0.2, -0.15) is 5.10 Å². The van der Waals surface area contributed by atoms with Gasteiger partial charge in [-0.15, -0.1) is 0 Å². The van der Waals surface area contributed by atoms with Crippen molar-refractivity contribution < 1.29 is 9.72 Å². The van der Waals surface area contributed by atoms with Crippen molar-refractivity contribution in [3.05, 3.63) is 15.8 Å². The topological polar surface area (TPSA) is 102 Å². The molecule has 2 N–H and O–H groups in total. The molecular formula is C12H19N5O3. The van der Waals surface area contributed by atoms with Crippen molar-refractivity contribution in [1.29, 1.82) is 0 Å². The number of nitrogens with one attached hydrogen (secondary N) is 2. The van der Waals surface area contributed by atoms with Crippen molar-refractivity contribution >= 4 is 17.4 Å². The monoisotopic (exact) mass is 281 g/mol. The highest BCUT2D eigenvalue weighted by molar-refractivity contribution is 5.77. The number of piperidine rings is 1. The quantitative estimate of drug-likeness (QED) is 0.618. The predicted molar refractivity (Wildman–Crippen MR) is 73.5 cm³/mol. The molecule has 0 bridgehead atoms. The molecule has 1 aromatic heterocycles. The molecular weight excluding hydrogens is 262 g/mol. The molecule has 1 amide bonds. The highest BCUT2D eigenvalue weighted by Gasteiger charge is 2.28. The van der Waals surface area contributed by atoms with Gasteiger partial charge in [0.25, 0.3) is 0 Å². The molecule has 1 atom stereocenters. The molecule has 8 heteroatoms. The second-order valence-corrected chi connectivity index (χ2v) is 4.96. The average Bonchev–Trinajstić information content (AvgIpc) is 2.69. The Kier molecular flexibility index (Phi) is 4.21. The van der Waals surface area contributed by atoms with Gasteiger partial charge in [0, 0.05) is 26.1 Å². The number of hydrogen-bond donors (Lipinski definition) is 2. The van der Waals surface area contributed by atoms with Gasteiger partial charge in [0.1, 0.15) is 5.69 Å². The van der Waals surface area contributed by atoms with E-state index in [0.717, 1.165) is 6.42 Å². The summed E-state index contributed by atoms with van der Waals surface area (Å²) in [4.78, 5) is 22.0. The summed E-state index contributed by atoms with van der Waals surface area (Å²) in [5.74, 6) is 0.439. The molecule has 1 fully saturated rings. The van der Waals surface area contributed by atoms with E-state index in [4.69, 9.17) is 0 Å². The van der Waals surface area contributed by atoms with Crippen LogP contribution in [0, 0.1) is 10.1 Å². The predicted octanol–water partition coefficient (Wildman–Crippen LogP) is 0.971. The van der Waals surface area contributed by atoms with Crippen molar-refractivity contribution in [1.82, 2.24) is 15.1 Å². The molecule has 110 valence electrons. The van der Waals surface area contributed by atoms with E-state index >= 15 is 0 Å². The van der Waals surface area contributed by atoms with E-state index in [0.29, 0.717) is 37.3 Å². The first-order chi connectivity index (χ1) is 9.52. The summed E-state index contributed by atoms with van der Waals surface area (Å²) in [6.45, 7) is 2.44. The van der Waals surface area contributed by atoms with E-state index in [1.54, 1.807) is 7.05 Å². The van der Waals surface area contributed by atoms with Crippen molar-refractivity contribution in [2.24, 2.45) is 7.05 Å². The van der Waals surface area contributed by atoms with E-state index in [1.165, 1.54) is 4.68 Å². The van der Waals surface area contributed by atoms with Crippen LogP contribution in [-0.2, 0) is 18.3 Å². The largest absolute Gasteiger partial charge is 0.360 e. The van der Waals surface area contributed by atoms with Crippen LogP contribution in [0.2, 0.25) is 0 Å². The number of hydrogen-bond acceptors (Lipinski definition) is 5. The molecule has 1 aromatic rings. The molecule has 2 rings (SSSR count). The normalized spacial score (nSPS) is 18.7. The summed E-state index contributed by atoms with van der Waals surface area (Å²) in [6, 6.07) is -0.00345. The fraction of sp³-hybridized carbons (Fsp3) is 0.667. The van der Waals surface area contributed by atoms with Crippen LogP contribution in [0.1, 0.15) is 31.9 Å². The summed E-state index contributed by atoms with van der Waals surface area (Å²) >= 11 is 0. The van der Waals surface area contributed by atoms with Crippen LogP contribution in [0.15, 0.2) is 0 Å². The van der Waals surface area contributed by atoms with Gasteiger partial charge in [-0.1, -0.05) is 13.3 Å². The molecule has 20 heavy (non-hydrogen) atoms. The second-order valence-electron chi connectivity index (χ2n) is 4.96. The first-order valence-electron chi connectivity index (χ1n) is 6.76. The maximum atomic E-state index is 11.3. The van der Waals surface area contributed by atoms with Gasteiger partial charge in [-0.05, 0) is 12.8 Å². The molecule has 0 aromatic carbocycles. The first kappa shape index (κ1) is 14.3. The second kappa shape index (κ2) is 5.89. The summed E-state index contributed by atoms with van der Waals surface area (Å²) in [6.07, 6.45) is 2.48. The number of anilines is 1. The SMILES string of the molecule is CCCc1nn(C)c(NC2CCC(=O)NC2)c1[N+](=O)[O-]. The minimum atomic E-state index is -0.387. The van der Waals surface area contributed by atoms with Gasteiger partial charge in [0.2, 0.25) is 11.7 Å². The molecule has 1 saturated heterocycles. The number of nitrogens with zero attached hydrogens (tertiary/aromatic N) is 3. The lowest BCUT2D eigenvalue weighted by Crippen LogP contribution is -2.42. The average molecular weight is 281 g/mol. The minimum Gasteiger partial charge on any atom is -0.360 e. The van der Waals surface area contributed by atoms with Crippen molar-refractivity contribution in [2.75, 3.05) is 11.9 Å². The van der Waals surface area contributed by atoms with E-state index in [-0.39, 0.29) is 22.6 Å². The molecule has 2 heterocycles. The number of aromatic nitrogens is 2. The Bertz CT molecular complexity index is 515. The third-order valence-corrected chi connectivity index (χ3v) is 3.37. The number of rotatable bonds is 5. The van der Waals surface area contributed by atoms with Gasteiger partial charge in [0.05, 0.1) is 4.92 Å². The Morgan fingerprint density at radius 2 is 2.35 bits per heavy atom. The van der Waals surface area contributed by atoms with Crippen molar-refractivity contribution in [2.45, 2.75) is 38.6 Å². The van der Waals surface area contributed by atoms with Gasteiger partial charge in [-0.25, -0.2) is 4.68 Å². The highest BCUT2D eigenvalue weighted by Crippen LogP contribution is 2.30. The van der Waals surface area contributed by atoms with Gasteiger partial charge >= 0.3 is 5.69 Å². The number of carbonyl (C=O) groups excluding carboxylic acids is 1. The number of amides is 1. The molecule has 0 spiro atoms.